The summed E-state index contributed by atoms with van der Waals surface area (Å²) in [5.74, 6) is 4.46. The van der Waals surface area contributed by atoms with Crippen LogP contribution in [-0.4, -0.2) is 87.5 Å². The minimum Gasteiger partial charge on any atom is -0.360 e. The van der Waals surface area contributed by atoms with E-state index in [0.717, 1.165) is 84.0 Å². The van der Waals surface area contributed by atoms with Gasteiger partial charge in [-0.05, 0) is 165 Å². The second-order valence-electron chi connectivity index (χ2n) is 23.5. The molecule has 0 radical (unpaired) electrons. The Bertz CT molecular complexity index is 1190. The number of hydrogen-bond donors (Lipinski definition) is 1. The molecule has 0 bridgehead atoms. The normalized spacial score (nSPS) is 45.5. The van der Waals surface area contributed by atoms with Crippen molar-refractivity contribution in [3.05, 3.63) is 0 Å². The van der Waals surface area contributed by atoms with Crippen LogP contribution in [0, 0.1) is 29.6 Å². The predicted octanol–water partition coefficient (Wildman–Crippen LogP) is 12.2. The lowest BCUT2D eigenvalue weighted by Gasteiger charge is -2.51. The van der Waals surface area contributed by atoms with Gasteiger partial charge in [-0.3, -0.25) is 20.0 Å². The van der Waals surface area contributed by atoms with Crippen molar-refractivity contribution in [2.24, 2.45) is 29.6 Å². The number of rotatable bonds is 8. The van der Waals surface area contributed by atoms with E-state index in [0.29, 0.717) is 18.4 Å². The van der Waals surface area contributed by atoms with Crippen LogP contribution in [0.15, 0.2) is 0 Å². The zero-order chi connectivity index (χ0) is 38.4. The third-order valence-electron chi connectivity index (χ3n) is 20.7. The summed E-state index contributed by atoms with van der Waals surface area (Å²) in [5.41, 5.74) is 0. The first-order valence-electron chi connectivity index (χ1n) is 27.5. The SMILES string of the molecule is C1CCC(N(C2CCCCC2)C2CCC3C(C2)C2CC(N(C4CCCCC4)C4CCCCC4)CCC2N3C2CCC(C3CCC4C(N3)OC3CCCCC34)CC2)CC1. The first-order valence-corrected chi connectivity index (χ1v) is 27.5. The standard InChI is InChI=1S/C53H90N4O/c1-5-15-38(16-6-1)55(39-17-7-2-8-18-39)43-29-33-50-47(35-43)48-36-44(56(40-19-9-3-10-20-40)41-21-11-4-12-22-41)30-34-51(48)57(50)42-27-25-37(26-28-42)49-32-31-46-45-23-13-14-24-52(45)58-53(46)54-49/h37-54H,1-36H2. The van der Waals surface area contributed by atoms with Crippen molar-refractivity contribution in [1.82, 2.24) is 20.0 Å². The Balaban J connectivity index is 0.822. The third kappa shape index (κ3) is 8.10. The lowest BCUT2D eigenvalue weighted by atomic mass is 9.69. The second kappa shape index (κ2) is 18.5. The summed E-state index contributed by atoms with van der Waals surface area (Å²) in [6.45, 7) is 0. The molecular weight excluding hydrogens is 709 g/mol. The van der Waals surface area contributed by atoms with Crippen molar-refractivity contribution in [3.8, 4) is 0 Å². The number of fused-ring (bicyclic) bond motifs is 6. The molecule has 11 unspecified atom stereocenters. The lowest BCUT2D eigenvalue weighted by Crippen LogP contribution is -2.55. The van der Waals surface area contributed by atoms with Gasteiger partial charge in [-0.25, -0.2) is 0 Å². The smallest absolute Gasteiger partial charge is 0.111 e. The van der Waals surface area contributed by atoms with E-state index in [1.165, 1.54) is 218 Å². The molecule has 11 aliphatic rings. The van der Waals surface area contributed by atoms with E-state index in [1.807, 2.05) is 0 Å². The molecular formula is C53H90N4O. The number of piperidine rings is 1. The minimum absolute atomic E-state index is 0.374. The predicted molar refractivity (Wildman–Crippen MR) is 239 cm³/mol. The molecule has 3 saturated heterocycles. The Hall–Kier alpha value is -0.200. The van der Waals surface area contributed by atoms with Crippen molar-refractivity contribution in [2.75, 3.05) is 0 Å². The van der Waals surface area contributed by atoms with Crippen molar-refractivity contribution in [1.29, 1.82) is 0 Å². The van der Waals surface area contributed by atoms with Crippen LogP contribution in [-0.2, 0) is 4.74 Å². The van der Waals surface area contributed by atoms with Crippen LogP contribution in [0.5, 0.6) is 0 Å². The highest BCUT2D eigenvalue weighted by Gasteiger charge is 2.57. The molecule has 5 nitrogen and oxygen atoms in total. The topological polar surface area (TPSA) is 31.0 Å². The van der Waals surface area contributed by atoms with E-state index in [4.69, 9.17) is 4.74 Å². The Morgan fingerprint density at radius 1 is 0.362 bits per heavy atom. The summed E-state index contributed by atoms with van der Waals surface area (Å²) in [5, 5.41) is 4.21. The van der Waals surface area contributed by atoms with Gasteiger partial charge in [0.25, 0.3) is 0 Å². The van der Waals surface area contributed by atoms with Crippen LogP contribution in [0.4, 0.5) is 0 Å². The molecule has 0 aromatic rings. The van der Waals surface area contributed by atoms with Crippen molar-refractivity contribution in [2.45, 2.75) is 304 Å². The fourth-order valence-electron chi connectivity index (χ4n) is 18.3. The summed E-state index contributed by atoms with van der Waals surface area (Å²) in [6, 6.07) is 8.68. The van der Waals surface area contributed by atoms with Crippen molar-refractivity contribution < 1.29 is 4.74 Å². The molecule has 5 heteroatoms. The molecule has 11 rings (SSSR count). The van der Waals surface area contributed by atoms with E-state index in [2.05, 4.69) is 20.0 Å². The highest BCUT2D eigenvalue weighted by atomic mass is 16.5. The van der Waals surface area contributed by atoms with E-state index >= 15 is 0 Å². The summed E-state index contributed by atoms with van der Waals surface area (Å²) < 4.78 is 6.79. The van der Waals surface area contributed by atoms with Gasteiger partial charge in [-0.2, -0.15) is 0 Å². The van der Waals surface area contributed by atoms with Crippen LogP contribution in [0.2, 0.25) is 0 Å². The van der Waals surface area contributed by atoms with Gasteiger partial charge in [0.15, 0.2) is 0 Å². The Kier molecular flexibility index (Phi) is 12.9. The lowest BCUT2D eigenvalue weighted by molar-refractivity contribution is -0.0284. The zero-order valence-electron chi connectivity index (χ0n) is 37.5. The quantitative estimate of drug-likeness (QED) is 0.264. The molecule has 11 fully saturated rings. The molecule has 8 aliphatic carbocycles. The van der Waals surface area contributed by atoms with E-state index in [1.54, 1.807) is 12.8 Å². The van der Waals surface area contributed by atoms with Gasteiger partial charge in [0.05, 0.1) is 6.10 Å². The van der Waals surface area contributed by atoms with Gasteiger partial charge in [0.2, 0.25) is 0 Å². The number of nitrogens with one attached hydrogen (secondary N) is 1. The molecule has 8 saturated carbocycles. The molecule has 3 heterocycles. The van der Waals surface area contributed by atoms with Crippen LogP contribution in [0.1, 0.15) is 231 Å². The monoisotopic (exact) mass is 799 g/mol. The average molecular weight is 799 g/mol. The maximum atomic E-state index is 6.79. The number of likely N-dealkylation sites (tertiary alicyclic amines) is 1. The van der Waals surface area contributed by atoms with Crippen LogP contribution in [0.25, 0.3) is 0 Å². The minimum atomic E-state index is 0.374. The fourth-order valence-corrected chi connectivity index (χ4v) is 18.3. The maximum absolute atomic E-state index is 6.79. The number of nitrogens with zero attached hydrogens (tertiary/aromatic N) is 3. The molecule has 11 atom stereocenters. The molecule has 0 amide bonds. The third-order valence-corrected chi connectivity index (χ3v) is 20.7. The first-order chi connectivity index (χ1) is 28.8. The molecule has 3 aliphatic heterocycles. The summed E-state index contributed by atoms with van der Waals surface area (Å²) in [7, 11) is 0. The van der Waals surface area contributed by atoms with Crippen LogP contribution < -0.4 is 5.32 Å². The van der Waals surface area contributed by atoms with Crippen LogP contribution in [0.3, 0.4) is 0 Å². The van der Waals surface area contributed by atoms with E-state index in [9.17, 15) is 0 Å². The summed E-state index contributed by atoms with van der Waals surface area (Å²) >= 11 is 0. The number of hydrogen-bond acceptors (Lipinski definition) is 5. The first kappa shape index (κ1) is 40.6. The molecule has 1 N–H and O–H groups in total. The molecule has 58 heavy (non-hydrogen) atoms. The van der Waals surface area contributed by atoms with Gasteiger partial charge >= 0.3 is 0 Å². The number of ether oxygens (including phenoxy) is 1. The van der Waals surface area contributed by atoms with E-state index in [-0.39, 0.29) is 0 Å². The zero-order valence-corrected chi connectivity index (χ0v) is 37.5. The van der Waals surface area contributed by atoms with Gasteiger partial charge < -0.3 is 4.74 Å². The fraction of sp³-hybridized carbons (Fsp3) is 1.00. The highest BCUT2D eigenvalue weighted by molar-refractivity contribution is 5.11. The molecule has 0 aromatic heterocycles. The summed E-state index contributed by atoms with van der Waals surface area (Å²) in [4.78, 5) is 10.0. The van der Waals surface area contributed by atoms with Gasteiger partial charge in [0.1, 0.15) is 6.23 Å². The van der Waals surface area contributed by atoms with Gasteiger partial charge in [-0.15, -0.1) is 0 Å². The van der Waals surface area contributed by atoms with Crippen molar-refractivity contribution in [3.63, 3.8) is 0 Å². The van der Waals surface area contributed by atoms with Gasteiger partial charge in [0, 0.05) is 66.3 Å². The van der Waals surface area contributed by atoms with Gasteiger partial charge in [-0.1, -0.05) is 89.9 Å². The maximum Gasteiger partial charge on any atom is 0.111 e. The Morgan fingerprint density at radius 3 is 1.33 bits per heavy atom. The highest BCUT2D eigenvalue weighted by Crippen LogP contribution is 2.55. The van der Waals surface area contributed by atoms with Crippen LogP contribution >= 0.6 is 0 Å². The molecule has 328 valence electrons. The second-order valence-corrected chi connectivity index (χ2v) is 23.5. The molecule has 0 aromatic carbocycles. The Morgan fingerprint density at radius 2 is 0.828 bits per heavy atom. The largest absolute Gasteiger partial charge is 0.360 e. The molecule has 0 spiro atoms. The average Bonchev–Trinajstić information content (AvgIpc) is 3.83. The Labute approximate surface area is 357 Å². The van der Waals surface area contributed by atoms with Crippen molar-refractivity contribution >= 4 is 0 Å². The van der Waals surface area contributed by atoms with E-state index < -0.39 is 0 Å². The summed E-state index contributed by atoms with van der Waals surface area (Å²) in [6.07, 6.45) is 54.5.